The molecule has 1 unspecified atom stereocenters. The summed E-state index contributed by atoms with van der Waals surface area (Å²) in [4.78, 5) is 9.49. The lowest BCUT2D eigenvalue weighted by Crippen LogP contribution is -2.53. The number of nitrogens with zero attached hydrogens (tertiary/aromatic N) is 3. The smallest absolute Gasteiger partial charge is 0.191 e. The van der Waals surface area contributed by atoms with E-state index < -0.39 is 0 Å². The maximum absolute atomic E-state index is 6.09. The Bertz CT molecular complexity index is 665. The topological polar surface area (TPSA) is 52.1 Å². The predicted molar refractivity (Wildman–Crippen MR) is 121 cm³/mol. The van der Waals surface area contributed by atoms with Gasteiger partial charge in [0.2, 0.25) is 0 Å². The second kappa shape index (κ2) is 10.8. The van der Waals surface area contributed by atoms with Crippen LogP contribution in [0.2, 0.25) is 0 Å². The largest absolute Gasteiger partial charge is 0.493 e. The summed E-state index contributed by atoms with van der Waals surface area (Å²) in [6.45, 7) is 14.9. The van der Waals surface area contributed by atoms with E-state index in [1.165, 1.54) is 37.1 Å². The molecule has 6 heteroatoms. The molecule has 0 bridgehead atoms. The van der Waals surface area contributed by atoms with E-state index in [9.17, 15) is 0 Å². The first kappa shape index (κ1) is 21.9. The summed E-state index contributed by atoms with van der Waals surface area (Å²) in [5.41, 5.74) is 2.42. The third kappa shape index (κ3) is 6.89. The molecule has 2 aliphatic rings. The fraction of sp³-hybridized carbons (Fsp3) is 0.696. The lowest BCUT2D eigenvalue weighted by Gasteiger charge is -2.37. The van der Waals surface area contributed by atoms with E-state index in [4.69, 9.17) is 4.74 Å². The lowest BCUT2D eigenvalue weighted by molar-refractivity contribution is 0.107. The number of ether oxygens (including phenoxy) is 1. The van der Waals surface area contributed by atoms with Gasteiger partial charge in [0.15, 0.2) is 5.96 Å². The summed E-state index contributed by atoms with van der Waals surface area (Å²) >= 11 is 0. The van der Waals surface area contributed by atoms with Crippen LogP contribution >= 0.6 is 0 Å². The van der Waals surface area contributed by atoms with E-state index in [2.05, 4.69) is 64.4 Å². The fourth-order valence-corrected chi connectivity index (χ4v) is 3.73. The highest BCUT2D eigenvalue weighted by Gasteiger charge is 2.22. The van der Waals surface area contributed by atoms with Gasteiger partial charge in [0.25, 0.3) is 0 Å². The number of aliphatic imine (C=N–C) groups is 1. The molecule has 1 atom stereocenters. The molecular weight excluding hydrogens is 362 g/mol. The maximum Gasteiger partial charge on any atom is 0.191 e. The number of hydrogen-bond donors (Lipinski definition) is 2. The Kier molecular flexibility index (Phi) is 8.19. The number of benzene rings is 1. The van der Waals surface area contributed by atoms with E-state index in [-0.39, 0.29) is 0 Å². The van der Waals surface area contributed by atoms with E-state index in [1.54, 1.807) is 0 Å². The van der Waals surface area contributed by atoms with E-state index >= 15 is 0 Å². The van der Waals surface area contributed by atoms with Crippen LogP contribution in [0.3, 0.4) is 0 Å². The van der Waals surface area contributed by atoms with Crippen molar-refractivity contribution in [1.82, 2.24) is 20.4 Å². The summed E-state index contributed by atoms with van der Waals surface area (Å²) in [5.74, 6) is 2.60. The zero-order chi connectivity index (χ0) is 20.6. The summed E-state index contributed by atoms with van der Waals surface area (Å²) in [7, 11) is 1.83. The van der Waals surface area contributed by atoms with Gasteiger partial charge in [0.05, 0.1) is 6.61 Å². The Balaban J connectivity index is 1.45. The van der Waals surface area contributed by atoms with E-state index in [0.717, 1.165) is 50.4 Å². The third-order valence-electron chi connectivity index (χ3n) is 6.11. The van der Waals surface area contributed by atoms with Gasteiger partial charge in [-0.05, 0) is 50.8 Å². The van der Waals surface area contributed by atoms with Crippen LogP contribution in [0.5, 0.6) is 5.75 Å². The number of aryl methyl sites for hydroxylation is 1. The van der Waals surface area contributed by atoms with Gasteiger partial charge in [-0.25, -0.2) is 0 Å². The standard InChI is InChI=1S/C23H39N5O/c1-5-27-10-12-28(13-11-27)19(3)15-25-23(24-4)26-16-21-9-6-18(2)14-22(21)29-17-20-7-8-20/h6,9,14,19-20H,5,7-8,10-13,15-17H2,1-4H3,(H2,24,25,26). The molecule has 1 aromatic rings. The molecule has 1 saturated carbocycles. The van der Waals surface area contributed by atoms with Crippen molar-refractivity contribution in [3.05, 3.63) is 29.3 Å². The molecular formula is C23H39N5O. The number of rotatable bonds is 9. The van der Waals surface area contributed by atoms with Crippen molar-refractivity contribution in [3.8, 4) is 5.75 Å². The Morgan fingerprint density at radius 1 is 1.21 bits per heavy atom. The molecule has 162 valence electrons. The van der Waals surface area contributed by atoms with Crippen molar-refractivity contribution in [2.75, 3.05) is 52.9 Å². The molecule has 1 aromatic carbocycles. The lowest BCUT2D eigenvalue weighted by atomic mass is 10.1. The quantitative estimate of drug-likeness (QED) is 0.492. The van der Waals surface area contributed by atoms with Crippen LogP contribution in [0.25, 0.3) is 0 Å². The second-order valence-corrected chi connectivity index (χ2v) is 8.49. The van der Waals surface area contributed by atoms with Gasteiger partial charge in [-0.1, -0.05) is 19.1 Å². The second-order valence-electron chi connectivity index (χ2n) is 8.49. The number of likely N-dealkylation sites (N-methyl/N-ethyl adjacent to an activating group) is 1. The molecule has 0 amide bonds. The van der Waals surface area contributed by atoms with Gasteiger partial charge in [0, 0.05) is 57.9 Å². The number of nitrogens with one attached hydrogen (secondary N) is 2. The highest BCUT2D eigenvalue weighted by atomic mass is 16.5. The minimum Gasteiger partial charge on any atom is -0.493 e. The van der Waals surface area contributed by atoms with Crippen LogP contribution < -0.4 is 15.4 Å². The first-order valence-electron chi connectivity index (χ1n) is 11.2. The highest BCUT2D eigenvalue weighted by Crippen LogP contribution is 2.30. The van der Waals surface area contributed by atoms with Crippen molar-refractivity contribution in [1.29, 1.82) is 0 Å². The normalized spacial score (nSPS) is 19.8. The van der Waals surface area contributed by atoms with Crippen LogP contribution in [-0.4, -0.2) is 74.7 Å². The monoisotopic (exact) mass is 401 g/mol. The molecule has 0 aromatic heterocycles. The number of hydrogen-bond acceptors (Lipinski definition) is 4. The molecule has 3 rings (SSSR count). The average Bonchev–Trinajstić information content (AvgIpc) is 3.57. The van der Waals surface area contributed by atoms with E-state index in [0.29, 0.717) is 12.6 Å². The molecule has 2 fully saturated rings. The Morgan fingerprint density at radius 3 is 2.62 bits per heavy atom. The Hall–Kier alpha value is -1.79. The molecule has 6 nitrogen and oxygen atoms in total. The van der Waals surface area contributed by atoms with Crippen LogP contribution in [0.1, 0.15) is 37.8 Å². The summed E-state index contributed by atoms with van der Waals surface area (Å²) in [6, 6.07) is 6.95. The zero-order valence-electron chi connectivity index (χ0n) is 18.7. The van der Waals surface area contributed by atoms with Gasteiger partial charge in [0.1, 0.15) is 5.75 Å². The van der Waals surface area contributed by atoms with Crippen molar-refractivity contribution >= 4 is 5.96 Å². The van der Waals surface area contributed by atoms with Gasteiger partial charge in [-0.2, -0.15) is 0 Å². The zero-order valence-corrected chi connectivity index (χ0v) is 18.7. The molecule has 2 N–H and O–H groups in total. The minimum absolute atomic E-state index is 0.490. The molecule has 1 heterocycles. The molecule has 0 spiro atoms. The van der Waals surface area contributed by atoms with Crippen molar-refractivity contribution in [2.24, 2.45) is 10.9 Å². The molecule has 0 radical (unpaired) electrons. The maximum atomic E-state index is 6.09. The van der Waals surface area contributed by atoms with E-state index in [1.807, 2.05) is 7.05 Å². The summed E-state index contributed by atoms with van der Waals surface area (Å²) in [6.07, 6.45) is 2.61. The predicted octanol–water partition coefficient (Wildman–Crippen LogP) is 2.47. The Morgan fingerprint density at radius 2 is 1.97 bits per heavy atom. The first-order valence-corrected chi connectivity index (χ1v) is 11.2. The molecule has 1 aliphatic carbocycles. The summed E-state index contributed by atoms with van der Waals surface area (Å²) in [5, 5.41) is 6.95. The van der Waals surface area contributed by atoms with Crippen molar-refractivity contribution in [3.63, 3.8) is 0 Å². The average molecular weight is 402 g/mol. The van der Waals surface area contributed by atoms with Crippen molar-refractivity contribution in [2.45, 2.75) is 46.2 Å². The first-order chi connectivity index (χ1) is 14.1. The molecule has 29 heavy (non-hydrogen) atoms. The van der Waals surface area contributed by atoms with Gasteiger partial charge < -0.3 is 20.3 Å². The van der Waals surface area contributed by atoms with Gasteiger partial charge >= 0.3 is 0 Å². The van der Waals surface area contributed by atoms with Gasteiger partial charge in [-0.15, -0.1) is 0 Å². The molecule has 1 aliphatic heterocycles. The highest BCUT2D eigenvalue weighted by molar-refractivity contribution is 5.79. The van der Waals surface area contributed by atoms with Crippen LogP contribution in [0, 0.1) is 12.8 Å². The van der Waals surface area contributed by atoms with Crippen molar-refractivity contribution < 1.29 is 4.74 Å². The van der Waals surface area contributed by atoms with Crippen LogP contribution in [-0.2, 0) is 6.54 Å². The summed E-state index contributed by atoms with van der Waals surface area (Å²) < 4.78 is 6.09. The number of piperazine rings is 1. The fourth-order valence-electron chi connectivity index (χ4n) is 3.73. The number of guanidine groups is 1. The third-order valence-corrected chi connectivity index (χ3v) is 6.11. The Labute approximate surface area is 176 Å². The van der Waals surface area contributed by atoms with Crippen LogP contribution in [0.15, 0.2) is 23.2 Å². The molecule has 1 saturated heterocycles. The van der Waals surface area contributed by atoms with Gasteiger partial charge in [-0.3, -0.25) is 9.89 Å². The minimum atomic E-state index is 0.490. The van der Waals surface area contributed by atoms with Crippen LogP contribution in [0.4, 0.5) is 0 Å². The SMILES string of the molecule is CCN1CCN(C(C)CNC(=NC)NCc2ccc(C)cc2OCC2CC2)CC1.